The molecule has 1 aliphatic rings. The molecule has 4 heteroatoms. The Hall–Kier alpha value is -1.94. The third-order valence-electron chi connectivity index (χ3n) is 3.85. The van der Waals surface area contributed by atoms with E-state index in [1.807, 2.05) is 43.0 Å². The number of carbonyl (C=O) groups excluding carboxylic acids is 1. The first-order valence-corrected chi connectivity index (χ1v) is 6.91. The fourth-order valence-electron chi connectivity index (χ4n) is 2.77. The van der Waals surface area contributed by atoms with Gasteiger partial charge in [-0.05, 0) is 25.5 Å². The molecule has 0 bridgehead atoms. The van der Waals surface area contributed by atoms with Crippen LogP contribution in [0.1, 0.15) is 21.6 Å². The topological polar surface area (TPSA) is 42.4 Å². The summed E-state index contributed by atoms with van der Waals surface area (Å²) in [7, 11) is 0. The molecule has 4 nitrogen and oxygen atoms in total. The Morgan fingerprint density at radius 3 is 2.65 bits per heavy atom. The zero-order chi connectivity index (χ0) is 14.1. The molecule has 3 rings (SSSR count). The lowest BCUT2D eigenvalue weighted by Crippen LogP contribution is -2.41. The molecule has 2 heterocycles. The molecule has 0 radical (unpaired) electrons. The van der Waals surface area contributed by atoms with Gasteiger partial charge in [0, 0.05) is 18.5 Å². The molecule has 0 spiro atoms. The average molecular weight is 270 g/mol. The predicted molar refractivity (Wildman–Crippen MR) is 77.9 cm³/mol. The first kappa shape index (κ1) is 13.1. The van der Waals surface area contributed by atoms with E-state index in [2.05, 4.69) is 4.98 Å². The number of pyridine rings is 1. The Morgan fingerprint density at radius 1 is 1.20 bits per heavy atom. The van der Waals surface area contributed by atoms with Crippen LogP contribution in [0.25, 0.3) is 10.9 Å². The highest BCUT2D eigenvalue weighted by atomic mass is 16.5. The van der Waals surface area contributed by atoms with E-state index >= 15 is 0 Å². The van der Waals surface area contributed by atoms with E-state index in [9.17, 15) is 4.79 Å². The van der Waals surface area contributed by atoms with E-state index in [4.69, 9.17) is 4.74 Å². The highest BCUT2D eigenvalue weighted by molar-refractivity contribution is 6.01. The highest BCUT2D eigenvalue weighted by Gasteiger charge is 2.23. The fourth-order valence-corrected chi connectivity index (χ4v) is 2.77. The number of benzene rings is 1. The second-order valence-corrected chi connectivity index (χ2v) is 5.12. The SMILES string of the molecule is Cc1nc2ccccc2c(C)c1C(=O)N1CCOCC1. The largest absolute Gasteiger partial charge is 0.378 e. The molecule has 104 valence electrons. The van der Waals surface area contributed by atoms with Crippen molar-refractivity contribution in [1.82, 2.24) is 9.88 Å². The van der Waals surface area contributed by atoms with Crippen molar-refractivity contribution in [2.45, 2.75) is 13.8 Å². The minimum absolute atomic E-state index is 0.0709. The summed E-state index contributed by atoms with van der Waals surface area (Å²) in [4.78, 5) is 19.1. The molecule has 0 unspecified atom stereocenters. The molecule has 1 amide bonds. The quantitative estimate of drug-likeness (QED) is 0.798. The molecule has 1 aliphatic heterocycles. The van der Waals surface area contributed by atoms with Crippen LogP contribution >= 0.6 is 0 Å². The van der Waals surface area contributed by atoms with Gasteiger partial charge in [-0.1, -0.05) is 18.2 Å². The maximum absolute atomic E-state index is 12.7. The zero-order valence-corrected chi connectivity index (χ0v) is 11.8. The Labute approximate surface area is 118 Å². The maximum Gasteiger partial charge on any atom is 0.256 e. The van der Waals surface area contributed by atoms with Crippen molar-refractivity contribution in [3.63, 3.8) is 0 Å². The Morgan fingerprint density at radius 2 is 1.90 bits per heavy atom. The van der Waals surface area contributed by atoms with Gasteiger partial charge in [0.15, 0.2) is 0 Å². The number of hydrogen-bond donors (Lipinski definition) is 0. The fraction of sp³-hybridized carbons (Fsp3) is 0.375. The Bertz CT molecular complexity index is 661. The number of ether oxygens (including phenoxy) is 1. The van der Waals surface area contributed by atoms with Crippen LogP contribution in [0.5, 0.6) is 0 Å². The van der Waals surface area contributed by atoms with Crippen molar-refractivity contribution >= 4 is 16.8 Å². The summed E-state index contributed by atoms with van der Waals surface area (Å²) in [5, 5.41) is 1.05. The van der Waals surface area contributed by atoms with Crippen LogP contribution < -0.4 is 0 Å². The van der Waals surface area contributed by atoms with Gasteiger partial charge in [-0.3, -0.25) is 9.78 Å². The summed E-state index contributed by atoms with van der Waals surface area (Å²) in [5.41, 5.74) is 3.51. The lowest BCUT2D eigenvalue weighted by Gasteiger charge is -2.28. The second kappa shape index (κ2) is 5.21. The van der Waals surface area contributed by atoms with E-state index < -0.39 is 0 Å². The van der Waals surface area contributed by atoms with Gasteiger partial charge < -0.3 is 9.64 Å². The molecule has 20 heavy (non-hydrogen) atoms. The van der Waals surface area contributed by atoms with E-state index in [1.54, 1.807) is 0 Å². The zero-order valence-electron chi connectivity index (χ0n) is 11.8. The molecule has 1 aromatic carbocycles. The van der Waals surface area contributed by atoms with Crippen molar-refractivity contribution in [3.05, 3.63) is 41.1 Å². The number of carbonyl (C=O) groups is 1. The van der Waals surface area contributed by atoms with Gasteiger partial charge in [-0.25, -0.2) is 0 Å². The van der Waals surface area contributed by atoms with Gasteiger partial charge in [-0.15, -0.1) is 0 Å². The number of aryl methyl sites for hydroxylation is 2. The van der Waals surface area contributed by atoms with Gasteiger partial charge >= 0.3 is 0 Å². The Kier molecular flexibility index (Phi) is 3.40. The van der Waals surface area contributed by atoms with Gasteiger partial charge in [-0.2, -0.15) is 0 Å². The van der Waals surface area contributed by atoms with E-state index in [0.29, 0.717) is 26.3 Å². The molecule has 1 fully saturated rings. The number of hydrogen-bond acceptors (Lipinski definition) is 3. The molecule has 0 N–H and O–H groups in total. The minimum atomic E-state index is 0.0709. The maximum atomic E-state index is 12.7. The third-order valence-corrected chi connectivity index (χ3v) is 3.85. The van der Waals surface area contributed by atoms with Crippen LogP contribution in [-0.4, -0.2) is 42.1 Å². The Balaban J connectivity index is 2.08. The number of para-hydroxylation sites is 1. The summed E-state index contributed by atoms with van der Waals surface area (Å²) < 4.78 is 5.31. The van der Waals surface area contributed by atoms with E-state index in [1.165, 1.54) is 0 Å². The summed E-state index contributed by atoms with van der Waals surface area (Å²) in [5.74, 6) is 0.0709. The summed E-state index contributed by atoms with van der Waals surface area (Å²) in [6.45, 7) is 6.46. The molecule has 0 aliphatic carbocycles. The van der Waals surface area contributed by atoms with Crippen molar-refractivity contribution < 1.29 is 9.53 Å². The number of aromatic nitrogens is 1. The van der Waals surface area contributed by atoms with Crippen LogP contribution in [0.4, 0.5) is 0 Å². The standard InChI is InChI=1S/C16H18N2O2/c1-11-13-5-3-4-6-14(13)17-12(2)15(11)16(19)18-7-9-20-10-8-18/h3-6H,7-10H2,1-2H3. The van der Waals surface area contributed by atoms with Crippen LogP contribution in [0.3, 0.4) is 0 Å². The number of nitrogens with zero attached hydrogens (tertiary/aromatic N) is 2. The van der Waals surface area contributed by atoms with Crippen molar-refractivity contribution in [1.29, 1.82) is 0 Å². The molecule has 1 aromatic heterocycles. The van der Waals surface area contributed by atoms with E-state index in [-0.39, 0.29) is 5.91 Å². The van der Waals surface area contributed by atoms with Gasteiger partial charge in [0.05, 0.1) is 30.0 Å². The smallest absolute Gasteiger partial charge is 0.256 e. The van der Waals surface area contributed by atoms with Crippen LogP contribution in [0.15, 0.2) is 24.3 Å². The molecule has 0 saturated carbocycles. The third kappa shape index (κ3) is 2.16. The number of fused-ring (bicyclic) bond motifs is 1. The molecular weight excluding hydrogens is 252 g/mol. The van der Waals surface area contributed by atoms with Crippen molar-refractivity contribution in [2.75, 3.05) is 26.3 Å². The summed E-state index contributed by atoms with van der Waals surface area (Å²) in [6, 6.07) is 7.96. The van der Waals surface area contributed by atoms with Gasteiger partial charge in [0.2, 0.25) is 0 Å². The number of rotatable bonds is 1. The molecule has 0 atom stereocenters. The number of amides is 1. The van der Waals surface area contributed by atoms with Gasteiger partial charge in [0.1, 0.15) is 0 Å². The van der Waals surface area contributed by atoms with E-state index in [0.717, 1.165) is 27.7 Å². The molecule has 1 saturated heterocycles. The monoisotopic (exact) mass is 270 g/mol. The molecule has 2 aromatic rings. The average Bonchev–Trinajstić information content (AvgIpc) is 2.48. The van der Waals surface area contributed by atoms with Crippen molar-refractivity contribution in [3.8, 4) is 0 Å². The minimum Gasteiger partial charge on any atom is -0.378 e. The second-order valence-electron chi connectivity index (χ2n) is 5.12. The summed E-state index contributed by atoms with van der Waals surface area (Å²) in [6.07, 6.45) is 0. The van der Waals surface area contributed by atoms with Crippen molar-refractivity contribution in [2.24, 2.45) is 0 Å². The van der Waals surface area contributed by atoms with Crippen LogP contribution in [-0.2, 0) is 4.74 Å². The summed E-state index contributed by atoms with van der Waals surface area (Å²) >= 11 is 0. The molecular formula is C16H18N2O2. The first-order chi connectivity index (χ1) is 9.68. The predicted octanol–water partition coefficient (Wildman–Crippen LogP) is 2.32. The number of morpholine rings is 1. The van der Waals surface area contributed by atoms with Gasteiger partial charge in [0.25, 0.3) is 5.91 Å². The van der Waals surface area contributed by atoms with Crippen LogP contribution in [0, 0.1) is 13.8 Å². The lowest BCUT2D eigenvalue weighted by atomic mass is 10.0. The lowest BCUT2D eigenvalue weighted by molar-refractivity contribution is 0.0301. The normalized spacial score (nSPS) is 15.6. The van der Waals surface area contributed by atoms with Crippen LogP contribution in [0.2, 0.25) is 0 Å². The first-order valence-electron chi connectivity index (χ1n) is 6.91. The highest BCUT2D eigenvalue weighted by Crippen LogP contribution is 2.24.